The molecule has 7 heteroatoms. The van der Waals surface area contributed by atoms with E-state index < -0.39 is 15.5 Å². The van der Waals surface area contributed by atoms with Crippen molar-refractivity contribution in [3.63, 3.8) is 0 Å². The third-order valence-electron chi connectivity index (χ3n) is 5.58. The highest BCUT2D eigenvalue weighted by molar-refractivity contribution is 7.86. The largest absolute Gasteiger partial charge is 0.395 e. The number of hydrogen-bond donors (Lipinski definition) is 3. The van der Waals surface area contributed by atoms with Crippen LogP contribution in [0.4, 0.5) is 0 Å². The van der Waals surface area contributed by atoms with Gasteiger partial charge in [-0.1, -0.05) is 103 Å². The molecule has 6 nitrogen and oxygen atoms in total. The molecule has 0 aromatic heterocycles. The van der Waals surface area contributed by atoms with Crippen molar-refractivity contribution < 1.29 is 23.2 Å². The minimum atomic E-state index is -4.22. The first-order valence-corrected chi connectivity index (χ1v) is 13.4. The fourth-order valence-corrected chi connectivity index (χ4v) is 4.92. The zero-order valence-corrected chi connectivity index (χ0v) is 19.5. The normalized spacial score (nSPS) is 13.3. The van der Waals surface area contributed by atoms with Crippen LogP contribution in [0, 0.1) is 0 Å². The zero-order chi connectivity index (χ0) is 21.8. The summed E-state index contributed by atoms with van der Waals surface area (Å²) in [5.41, 5.74) is 0. The van der Waals surface area contributed by atoms with Crippen LogP contribution in [0.2, 0.25) is 0 Å². The number of unbranched alkanes of at least 4 members (excludes halogenated alkanes) is 14. The van der Waals surface area contributed by atoms with Crippen LogP contribution in [0.1, 0.15) is 110 Å². The highest BCUT2D eigenvalue weighted by atomic mass is 32.2. The number of aliphatic hydroxyl groups excluding tert-OH is 2. The molecule has 0 fully saturated rings. The summed E-state index contributed by atoms with van der Waals surface area (Å²) in [7, 11) is -4.22. The minimum Gasteiger partial charge on any atom is -0.395 e. The van der Waals surface area contributed by atoms with Gasteiger partial charge in [0.2, 0.25) is 0 Å². The number of nitrogens with zero attached hydrogens (tertiary/aromatic N) is 1. The highest BCUT2D eigenvalue weighted by Gasteiger charge is 2.28. The van der Waals surface area contributed by atoms with E-state index in [0.29, 0.717) is 6.42 Å². The van der Waals surface area contributed by atoms with E-state index in [9.17, 15) is 13.0 Å². The third kappa shape index (κ3) is 17.2. The summed E-state index contributed by atoms with van der Waals surface area (Å²) >= 11 is 0. The molecule has 176 valence electrons. The molecule has 0 saturated heterocycles. The fourth-order valence-electron chi connectivity index (χ4n) is 3.87. The van der Waals surface area contributed by atoms with Gasteiger partial charge in [0.25, 0.3) is 10.1 Å². The van der Waals surface area contributed by atoms with Crippen molar-refractivity contribution in [1.29, 1.82) is 0 Å². The predicted molar refractivity (Wildman–Crippen MR) is 121 cm³/mol. The fraction of sp³-hybridized carbons (Fsp3) is 1.00. The molecular weight excluding hydrogens is 390 g/mol. The van der Waals surface area contributed by atoms with Gasteiger partial charge in [0.15, 0.2) is 0 Å². The van der Waals surface area contributed by atoms with Crippen LogP contribution in [0.25, 0.3) is 0 Å². The lowest BCUT2D eigenvalue weighted by Gasteiger charge is -2.28. The molecule has 0 aliphatic carbocycles. The second kappa shape index (κ2) is 19.7. The van der Waals surface area contributed by atoms with Gasteiger partial charge in [0.1, 0.15) is 5.37 Å². The van der Waals surface area contributed by atoms with Crippen molar-refractivity contribution in [2.45, 2.75) is 115 Å². The van der Waals surface area contributed by atoms with Crippen molar-refractivity contribution in [3.8, 4) is 0 Å². The molecule has 29 heavy (non-hydrogen) atoms. The maximum absolute atomic E-state index is 11.7. The SMILES string of the molecule is CCCCCCCCCCCCCCCCCC(N(CCO)CCO)S(=O)(=O)O. The summed E-state index contributed by atoms with van der Waals surface area (Å²) in [6.07, 6.45) is 19.0. The third-order valence-corrected chi connectivity index (χ3v) is 6.80. The number of hydrogen-bond acceptors (Lipinski definition) is 5. The molecule has 3 N–H and O–H groups in total. The Balaban J connectivity index is 3.70. The molecule has 0 radical (unpaired) electrons. The van der Waals surface area contributed by atoms with Crippen molar-refractivity contribution in [2.75, 3.05) is 26.3 Å². The molecule has 1 unspecified atom stereocenters. The van der Waals surface area contributed by atoms with Crippen LogP contribution in [0.5, 0.6) is 0 Å². The molecule has 0 rings (SSSR count). The van der Waals surface area contributed by atoms with Gasteiger partial charge in [0.05, 0.1) is 13.2 Å². The Morgan fingerprint density at radius 2 is 1.00 bits per heavy atom. The quantitative estimate of drug-likeness (QED) is 0.167. The summed E-state index contributed by atoms with van der Waals surface area (Å²) in [4.78, 5) is 1.44. The molecule has 0 heterocycles. The first-order valence-electron chi connectivity index (χ1n) is 11.9. The van der Waals surface area contributed by atoms with Crippen LogP contribution >= 0.6 is 0 Å². The van der Waals surface area contributed by atoms with Gasteiger partial charge in [-0.2, -0.15) is 8.42 Å². The van der Waals surface area contributed by atoms with Crippen molar-refractivity contribution >= 4 is 10.1 Å². The first kappa shape index (κ1) is 28.8. The van der Waals surface area contributed by atoms with Crippen molar-refractivity contribution in [2.24, 2.45) is 0 Å². The molecule has 0 bridgehead atoms. The molecule has 0 spiro atoms. The van der Waals surface area contributed by atoms with E-state index >= 15 is 0 Å². The molecule has 0 aromatic rings. The van der Waals surface area contributed by atoms with Crippen LogP contribution < -0.4 is 0 Å². The maximum atomic E-state index is 11.7. The zero-order valence-electron chi connectivity index (χ0n) is 18.7. The molecule has 0 aliphatic heterocycles. The number of rotatable bonds is 22. The Morgan fingerprint density at radius 1 is 0.655 bits per heavy atom. The average molecular weight is 438 g/mol. The molecular formula is C22H47NO5S. The topological polar surface area (TPSA) is 98.1 Å². The summed E-state index contributed by atoms with van der Waals surface area (Å²) in [5.74, 6) is 0. The Labute approximate surface area is 179 Å². The molecule has 1 atom stereocenters. The van der Waals surface area contributed by atoms with Gasteiger partial charge in [-0.3, -0.25) is 9.45 Å². The molecule has 0 amide bonds. The lowest BCUT2D eigenvalue weighted by atomic mass is 10.0. The maximum Gasteiger partial charge on any atom is 0.281 e. The highest BCUT2D eigenvalue weighted by Crippen LogP contribution is 2.17. The standard InChI is InChI=1S/C22H47NO5S/c1-2-3-4-5-6-7-8-9-10-11-12-13-14-15-16-17-22(29(26,27)28)23(18-20-24)19-21-25/h22,24-25H,2-21H2,1H3,(H,26,27,28). The average Bonchev–Trinajstić information content (AvgIpc) is 2.67. The summed E-state index contributed by atoms with van der Waals surface area (Å²) in [5, 5.41) is 17.1. The Bertz CT molecular complexity index is 438. The van der Waals surface area contributed by atoms with Gasteiger partial charge in [-0.15, -0.1) is 0 Å². The van der Waals surface area contributed by atoms with E-state index in [1.165, 1.54) is 81.9 Å². The second-order valence-electron chi connectivity index (χ2n) is 8.19. The lowest BCUT2D eigenvalue weighted by Crippen LogP contribution is -2.44. The van der Waals surface area contributed by atoms with Gasteiger partial charge in [0, 0.05) is 13.1 Å². The van der Waals surface area contributed by atoms with E-state index in [0.717, 1.165) is 19.3 Å². The summed E-state index contributed by atoms with van der Waals surface area (Å²) < 4.78 is 32.8. The monoisotopic (exact) mass is 437 g/mol. The first-order chi connectivity index (χ1) is 14.0. The van der Waals surface area contributed by atoms with Gasteiger partial charge < -0.3 is 10.2 Å². The van der Waals surface area contributed by atoms with Crippen LogP contribution in [0.3, 0.4) is 0 Å². The van der Waals surface area contributed by atoms with Gasteiger partial charge in [-0.05, 0) is 6.42 Å². The molecule has 0 saturated carbocycles. The minimum absolute atomic E-state index is 0.129. The Kier molecular flexibility index (Phi) is 19.6. The number of aliphatic hydroxyl groups is 2. The van der Waals surface area contributed by atoms with E-state index in [1.807, 2.05) is 0 Å². The van der Waals surface area contributed by atoms with Gasteiger partial charge >= 0.3 is 0 Å². The lowest BCUT2D eigenvalue weighted by molar-refractivity contribution is 0.140. The smallest absolute Gasteiger partial charge is 0.281 e. The van der Waals surface area contributed by atoms with Crippen LogP contribution in [-0.4, -0.2) is 59.8 Å². The second-order valence-corrected chi connectivity index (χ2v) is 9.77. The molecule has 0 aliphatic rings. The Hall–Kier alpha value is -0.210. The predicted octanol–water partition coefficient (Wildman–Crippen LogP) is 4.75. The van der Waals surface area contributed by atoms with E-state index in [1.54, 1.807) is 0 Å². The summed E-state index contributed by atoms with van der Waals surface area (Å²) in [6, 6.07) is 0. The van der Waals surface area contributed by atoms with Gasteiger partial charge in [-0.25, -0.2) is 0 Å². The van der Waals surface area contributed by atoms with E-state index in [4.69, 9.17) is 10.2 Å². The molecule has 0 aromatic carbocycles. The van der Waals surface area contributed by atoms with E-state index in [2.05, 4.69) is 6.92 Å². The van der Waals surface area contributed by atoms with E-state index in [-0.39, 0.29) is 26.3 Å². The van der Waals surface area contributed by atoms with Crippen molar-refractivity contribution in [1.82, 2.24) is 4.90 Å². The summed E-state index contributed by atoms with van der Waals surface area (Å²) in [6.45, 7) is 2.10. The van der Waals surface area contributed by atoms with Crippen molar-refractivity contribution in [3.05, 3.63) is 0 Å². The van der Waals surface area contributed by atoms with Crippen LogP contribution in [0.15, 0.2) is 0 Å². The Morgan fingerprint density at radius 3 is 1.31 bits per heavy atom. The van der Waals surface area contributed by atoms with Crippen LogP contribution in [-0.2, 0) is 10.1 Å².